The van der Waals surface area contributed by atoms with Gasteiger partial charge in [0.15, 0.2) is 0 Å². The fraction of sp³-hybridized carbons (Fsp3) is 0.818. The van der Waals surface area contributed by atoms with Crippen molar-refractivity contribution in [3.8, 4) is 0 Å². The lowest BCUT2D eigenvalue weighted by atomic mass is 10.3. The molecule has 5 nitrogen and oxygen atoms in total. The molecular formula is C11H22Cl3N5. The molecule has 2 heterocycles. The van der Waals surface area contributed by atoms with E-state index in [0.29, 0.717) is 5.92 Å². The van der Waals surface area contributed by atoms with Gasteiger partial charge in [-0.3, -0.25) is 4.90 Å². The lowest BCUT2D eigenvalue weighted by Crippen LogP contribution is -2.43. The molecule has 0 spiro atoms. The number of piperazine rings is 1. The molecule has 2 aliphatic rings. The van der Waals surface area contributed by atoms with Crippen molar-refractivity contribution >= 4 is 37.2 Å². The molecule has 1 aromatic heterocycles. The molecule has 0 bridgehead atoms. The molecule has 1 saturated heterocycles. The molecule has 1 N–H and O–H groups in total. The van der Waals surface area contributed by atoms with Crippen molar-refractivity contribution in [1.82, 2.24) is 25.0 Å². The second-order valence-corrected chi connectivity index (χ2v) is 4.83. The molecule has 0 radical (unpaired) electrons. The molecule has 19 heavy (non-hydrogen) atoms. The summed E-state index contributed by atoms with van der Waals surface area (Å²) in [5.74, 6) is 2.99. The third-order valence-electron chi connectivity index (χ3n) is 3.52. The van der Waals surface area contributed by atoms with Crippen LogP contribution in [-0.4, -0.2) is 45.8 Å². The van der Waals surface area contributed by atoms with Gasteiger partial charge >= 0.3 is 0 Å². The summed E-state index contributed by atoms with van der Waals surface area (Å²) in [6.07, 6.45) is 2.58. The number of aromatic nitrogens is 3. The SMILES string of the molecule is Cl.Cl.Cl.Cn1c(CN2CCNCC2)nnc1C1CC1. The molecule has 112 valence electrons. The van der Waals surface area contributed by atoms with Gasteiger partial charge in [0, 0.05) is 39.1 Å². The van der Waals surface area contributed by atoms with E-state index in [1.807, 2.05) is 0 Å². The highest BCUT2D eigenvalue weighted by atomic mass is 35.5. The van der Waals surface area contributed by atoms with E-state index in [1.165, 1.54) is 18.7 Å². The second-order valence-electron chi connectivity index (χ2n) is 4.83. The molecule has 0 atom stereocenters. The second kappa shape index (κ2) is 8.27. The maximum Gasteiger partial charge on any atom is 0.146 e. The van der Waals surface area contributed by atoms with Gasteiger partial charge in [0.2, 0.25) is 0 Å². The molecular weight excluding hydrogens is 309 g/mol. The third kappa shape index (κ3) is 4.46. The quantitative estimate of drug-likeness (QED) is 0.909. The van der Waals surface area contributed by atoms with Crippen LogP contribution in [-0.2, 0) is 13.6 Å². The van der Waals surface area contributed by atoms with Crippen molar-refractivity contribution < 1.29 is 0 Å². The lowest BCUT2D eigenvalue weighted by molar-refractivity contribution is 0.225. The first kappa shape index (κ1) is 18.9. The van der Waals surface area contributed by atoms with Crippen LogP contribution in [0.15, 0.2) is 0 Å². The van der Waals surface area contributed by atoms with E-state index in [9.17, 15) is 0 Å². The van der Waals surface area contributed by atoms with Crippen LogP contribution in [0.5, 0.6) is 0 Å². The smallest absolute Gasteiger partial charge is 0.146 e. The van der Waals surface area contributed by atoms with E-state index in [2.05, 4.69) is 32.0 Å². The van der Waals surface area contributed by atoms with Crippen molar-refractivity contribution in [2.75, 3.05) is 26.2 Å². The van der Waals surface area contributed by atoms with Crippen LogP contribution < -0.4 is 5.32 Å². The molecule has 0 unspecified atom stereocenters. The molecule has 0 amide bonds. The van der Waals surface area contributed by atoms with Gasteiger partial charge in [0.25, 0.3) is 0 Å². The van der Waals surface area contributed by atoms with Gasteiger partial charge in [0.1, 0.15) is 11.6 Å². The molecule has 1 aliphatic carbocycles. The van der Waals surface area contributed by atoms with Gasteiger partial charge < -0.3 is 9.88 Å². The number of hydrogen-bond donors (Lipinski definition) is 1. The minimum Gasteiger partial charge on any atom is -0.317 e. The first-order valence-corrected chi connectivity index (χ1v) is 6.16. The zero-order chi connectivity index (χ0) is 11.0. The summed E-state index contributed by atoms with van der Waals surface area (Å²) in [4.78, 5) is 2.44. The maximum absolute atomic E-state index is 4.32. The van der Waals surface area contributed by atoms with Gasteiger partial charge in [-0.05, 0) is 12.8 Å². The summed E-state index contributed by atoms with van der Waals surface area (Å²) in [6.45, 7) is 5.36. The Morgan fingerprint density at radius 2 is 1.74 bits per heavy atom. The number of nitrogens with one attached hydrogen (secondary N) is 1. The van der Waals surface area contributed by atoms with Gasteiger partial charge in [-0.2, -0.15) is 0 Å². The van der Waals surface area contributed by atoms with Gasteiger partial charge in [0.05, 0.1) is 6.54 Å². The van der Waals surface area contributed by atoms with E-state index in [1.54, 1.807) is 0 Å². The largest absolute Gasteiger partial charge is 0.317 e. The van der Waals surface area contributed by atoms with Crippen molar-refractivity contribution in [2.45, 2.75) is 25.3 Å². The Labute approximate surface area is 132 Å². The summed E-state index contributed by atoms with van der Waals surface area (Å²) in [5, 5.41) is 12.0. The molecule has 0 aromatic carbocycles. The number of nitrogens with zero attached hydrogens (tertiary/aromatic N) is 4. The average Bonchev–Trinajstić information content (AvgIpc) is 3.08. The molecule has 1 saturated carbocycles. The summed E-state index contributed by atoms with van der Waals surface area (Å²) in [7, 11) is 2.10. The van der Waals surface area contributed by atoms with Crippen molar-refractivity contribution in [1.29, 1.82) is 0 Å². The first-order chi connectivity index (χ1) is 7.84. The van der Waals surface area contributed by atoms with Crippen molar-refractivity contribution in [2.24, 2.45) is 7.05 Å². The third-order valence-corrected chi connectivity index (χ3v) is 3.52. The standard InChI is InChI=1S/C11H19N5.3ClH/c1-15-10(8-16-6-4-12-5-7-16)13-14-11(15)9-2-3-9;;;/h9,12H,2-8H2,1H3;3*1H. The van der Waals surface area contributed by atoms with Gasteiger partial charge in [-0.1, -0.05) is 0 Å². The van der Waals surface area contributed by atoms with Crippen molar-refractivity contribution in [3.05, 3.63) is 11.6 Å². The Morgan fingerprint density at radius 1 is 1.11 bits per heavy atom. The summed E-state index contributed by atoms with van der Waals surface area (Å²) in [5.41, 5.74) is 0. The molecule has 8 heteroatoms. The Morgan fingerprint density at radius 3 is 2.32 bits per heavy atom. The minimum absolute atomic E-state index is 0. The maximum atomic E-state index is 4.32. The van der Waals surface area contributed by atoms with E-state index in [0.717, 1.165) is 38.5 Å². The van der Waals surface area contributed by atoms with Gasteiger partial charge in [-0.15, -0.1) is 47.4 Å². The lowest BCUT2D eigenvalue weighted by Gasteiger charge is -2.26. The van der Waals surface area contributed by atoms with Crippen LogP contribution in [0.25, 0.3) is 0 Å². The zero-order valence-corrected chi connectivity index (χ0v) is 13.5. The number of hydrogen-bond acceptors (Lipinski definition) is 4. The average molecular weight is 331 g/mol. The number of rotatable bonds is 3. The monoisotopic (exact) mass is 329 g/mol. The molecule has 1 aliphatic heterocycles. The topological polar surface area (TPSA) is 46.0 Å². The highest BCUT2D eigenvalue weighted by Crippen LogP contribution is 2.38. The fourth-order valence-electron chi connectivity index (χ4n) is 2.28. The predicted octanol–water partition coefficient (Wildman–Crippen LogP) is 1.36. The van der Waals surface area contributed by atoms with Crippen LogP contribution in [0.2, 0.25) is 0 Å². The van der Waals surface area contributed by atoms with Crippen LogP contribution in [0.4, 0.5) is 0 Å². The van der Waals surface area contributed by atoms with Crippen LogP contribution in [0.1, 0.15) is 30.4 Å². The van der Waals surface area contributed by atoms with E-state index in [4.69, 9.17) is 0 Å². The Balaban J connectivity index is 0.00000108. The van der Waals surface area contributed by atoms with Crippen LogP contribution in [0, 0.1) is 0 Å². The molecule has 1 aromatic rings. The van der Waals surface area contributed by atoms with E-state index < -0.39 is 0 Å². The Hall–Kier alpha value is -0.0700. The summed E-state index contributed by atoms with van der Waals surface area (Å²) in [6, 6.07) is 0. The molecule has 3 rings (SSSR count). The minimum atomic E-state index is 0. The summed E-state index contributed by atoms with van der Waals surface area (Å²) >= 11 is 0. The van der Waals surface area contributed by atoms with Gasteiger partial charge in [-0.25, -0.2) is 0 Å². The van der Waals surface area contributed by atoms with Crippen LogP contribution in [0.3, 0.4) is 0 Å². The zero-order valence-electron chi connectivity index (χ0n) is 11.0. The summed E-state index contributed by atoms with van der Waals surface area (Å²) < 4.78 is 2.19. The highest BCUT2D eigenvalue weighted by molar-refractivity contribution is 5.86. The first-order valence-electron chi connectivity index (χ1n) is 6.16. The van der Waals surface area contributed by atoms with Crippen molar-refractivity contribution in [3.63, 3.8) is 0 Å². The normalized spacial score (nSPS) is 19.0. The van der Waals surface area contributed by atoms with E-state index in [-0.39, 0.29) is 37.2 Å². The van der Waals surface area contributed by atoms with E-state index >= 15 is 0 Å². The molecule has 2 fully saturated rings. The highest BCUT2D eigenvalue weighted by Gasteiger charge is 2.29. The predicted molar refractivity (Wildman–Crippen MR) is 82.9 cm³/mol. The number of halogens is 3. The fourth-order valence-corrected chi connectivity index (χ4v) is 2.28. The Bertz CT molecular complexity index is 374. The Kier molecular flexibility index (Phi) is 8.24. The van der Waals surface area contributed by atoms with Crippen LogP contribution >= 0.6 is 37.2 Å².